The van der Waals surface area contributed by atoms with E-state index in [0.29, 0.717) is 25.6 Å². The number of piperidine rings is 1. The Bertz CT molecular complexity index is 897. The van der Waals surface area contributed by atoms with Crippen LogP contribution in [0, 0.1) is 11.3 Å². The van der Waals surface area contributed by atoms with Gasteiger partial charge in [0.1, 0.15) is 5.75 Å². The van der Waals surface area contributed by atoms with Crippen LogP contribution in [-0.2, 0) is 0 Å². The molecule has 4 nitrogen and oxygen atoms in total. The van der Waals surface area contributed by atoms with Gasteiger partial charge in [0.15, 0.2) is 0 Å². The normalized spacial score (nSPS) is 19.2. The molecule has 31 heavy (non-hydrogen) atoms. The largest absolute Gasteiger partial charge is 0.493 e. The maximum absolute atomic E-state index is 13.2. The van der Waals surface area contributed by atoms with Crippen LogP contribution in [0.4, 0.5) is 13.2 Å². The summed E-state index contributed by atoms with van der Waals surface area (Å²) in [5.41, 5.74) is 0.694. The minimum absolute atomic E-state index is 0.138. The van der Waals surface area contributed by atoms with Gasteiger partial charge in [0.25, 0.3) is 0 Å². The van der Waals surface area contributed by atoms with Gasteiger partial charge in [-0.2, -0.15) is 13.2 Å². The van der Waals surface area contributed by atoms with Crippen LogP contribution in [0.25, 0.3) is 11.1 Å². The number of rotatable bonds is 7. The monoisotopic (exact) mass is 433 g/mol. The molecule has 1 heterocycles. The first-order valence-electron chi connectivity index (χ1n) is 10.6. The van der Waals surface area contributed by atoms with Gasteiger partial charge in [0, 0.05) is 6.54 Å². The predicted octanol–water partition coefficient (Wildman–Crippen LogP) is 5.49. The molecule has 2 aliphatic rings. The van der Waals surface area contributed by atoms with Crippen molar-refractivity contribution in [3.8, 4) is 16.9 Å². The van der Waals surface area contributed by atoms with Crippen molar-refractivity contribution in [2.45, 2.75) is 31.9 Å². The highest BCUT2D eigenvalue weighted by molar-refractivity contribution is 5.88. The lowest BCUT2D eigenvalue weighted by Gasteiger charge is -2.34. The van der Waals surface area contributed by atoms with Crippen LogP contribution >= 0.6 is 0 Å². The minimum atomic E-state index is -4.09. The van der Waals surface area contributed by atoms with Gasteiger partial charge in [0.05, 0.1) is 17.6 Å². The maximum Gasteiger partial charge on any atom is 0.395 e. The van der Waals surface area contributed by atoms with Crippen LogP contribution in [0.5, 0.6) is 5.75 Å². The summed E-state index contributed by atoms with van der Waals surface area (Å²) >= 11 is 0. The molecule has 0 aromatic heterocycles. The van der Waals surface area contributed by atoms with E-state index < -0.39 is 17.6 Å². The first-order chi connectivity index (χ1) is 14.8. The average molecular weight is 433 g/mol. The van der Waals surface area contributed by atoms with Crippen molar-refractivity contribution in [1.29, 1.82) is 0 Å². The number of carboxylic acid groups (broad SMARTS) is 1. The van der Waals surface area contributed by atoms with Crippen LogP contribution in [0.2, 0.25) is 0 Å². The smallest absolute Gasteiger partial charge is 0.395 e. The molecule has 2 fully saturated rings. The minimum Gasteiger partial charge on any atom is -0.493 e. The standard InChI is InChI=1S/C24H26F3NO3/c25-24(26,27)23(11-12-23)16-28-13-9-17(10-14-28)15-31-21-7-5-19(6-8-21)18-1-3-20(4-2-18)22(29)30/h1-8,17H,9-16H2,(H,29,30). The summed E-state index contributed by atoms with van der Waals surface area (Å²) in [5, 5.41) is 8.98. The fraction of sp³-hybridized carbons (Fsp3) is 0.458. The third-order valence-corrected chi connectivity index (χ3v) is 6.49. The number of halogens is 3. The third-order valence-electron chi connectivity index (χ3n) is 6.49. The van der Waals surface area contributed by atoms with Crippen LogP contribution in [0.15, 0.2) is 48.5 Å². The van der Waals surface area contributed by atoms with Gasteiger partial charge in [-0.1, -0.05) is 24.3 Å². The van der Waals surface area contributed by atoms with Gasteiger partial charge >= 0.3 is 12.1 Å². The number of hydrogen-bond acceptors (Lipinski definition) is 3. The summed E-state index contributed by atoms with van der Waals surface area (Å²) in [5.74, 6) is 0.149. The number of benzene rings is 2. The van der Waals surface area contributed by atoms with Gasteiger partial charge in [-0.15, -0.1) is 0 Å². The predicted molar refractivity (Wildman–Crippen MR) is 111 cm³/mol. The molecule has 2 aromatic rings. The molecule has 7 heteroatoms. The van der Waals surface area contributed by atoms with Crippen LogP contribution in [0.1, 0.15) is 36.0 Å². The molecular weight excluding hydrogens is 407 g/mol. The zero-order valence-corrected chi connectivity index (χ0v) is 17.2. The molecule has 0 spiro atoms. The summed E-state index contributed by atoms with van der Waals surface area (Å²) in [6.07, 6.45) is -1.86. The van der Waals surface area contributed by atoms with Crippen molar-refractivity contribution in [2.75, 3.05) is 26.2 Å². The summed E-state index contributed by atoms with van der Waals surface area (Å²) in [6, 6.07) is 14.3. The summed E-state index contributed by atoms with van der Waals surface area (Å²) in [7, 11) is 0. The number of carbonyl (C=O) groups is 1. The van der Waals surface area contributed by atoms with E-state index in [1.807, 2.05) is 29.2 Å². The molecule has 4 rings (SSSR count). The van der Waals surface area contributed by atoms with E-state index in [2.05, 4.69) is 0 Å². The Morgan fingerprint density at radius 2 is 1.55 bits per heavy atom. The lowest BCUT2D eigenvalue weighted by Crippen LogP contribution is -2.43. The highest BCUT2D eigenvalue weighted by Crippen LogP contribution is 2.58. The average Bonchev–Trinajstić information content (AvgIpc) is 3.55. The molecule has 0 atom stereocenters. The van der Waals surface area contributed by atoms with Crippen LogP contribution in [0.3, 0.4) is 0 Å². The van der Waals surface area contributed by atoms with E-state index in [0.717, 1.165) is 29.7 Å². The number of hydrogen-bond donors (Lipinski definition) is 1. The third kappa shape index (κ3) is 5.03. The second-order valence-electron chi connectivity index (χ2n) is 8.72. The summed E-state index contributed by atoms with van der Waals surface area (Å²) < 4.78 is 45.4. The topological polar surface area (TPSA) is 49.8 Å². The molecule has 2 aromatic carbocycles. The van der Waals surface area contributed by atoms with Gasteiger partial charge in [-0.25, -0.2) is 4.79 Å². The summed E-state index contributed by atoms with van der Waals surface area (Å²) in [6.45, 7) is 2.08. The van der Waals surface area contributed by atoms with Crippen molar-refractivity contribution < 1.29 is 27.8 Å². The first-order valence-corrected chi connectivity index (χ1v) is 10.6. The number of carboxylic acids is 1. The number of alkyl halides is 3. The quantitative estimate of drug-likeness (QED) is 0.628. The lowest BCUT2D eigenvalue weighted by molar-refractivity contribution is -0.192. The molecule has 166 valence electrons. The maximum atomic E-state index is 13.2. The van der Waals surface area contributed by atoms with Gasteiger partial charge in [0.2, 0.25) is 0 Å². The molecular formula is C24H26F3NO3. The Balaban J connectivity index is 1.23. The molecule has 0 radical (unpaired) electrons. The van der Waals surface area contributed by atoms with E-state index in [9.17, 15) is 18.0 Å². The van der Waals surface area contributed by atoms with Crippen molar-refractivity contribution in [2.24, 2.45) is 11.3 Å². The second kappa shape index (κ2) is 8.54. The van der Waals surface area contributed by atoms with Gasteiger partial charge in [-0.3, -0.25) is 0 Å². The van der Waals surface area contributed by atoms with Crippen LogP contribution in [-0.4, -0.2) is 48.4 Å². The van der Waals surface area contributed by atoms with Gasteiger partial charge < -0.3 is 14.7 Å². The highest BCUT2D eigenvalue weighted by atomic mass is 19.4. The Morgan fingerprint density at radius 3 is 2.03 bits per heavy atom. The molecule has 0 bridgehead atoms. The first kappa shape index (κ1) is 21.7. The summed E-state index contributed by atoms with van der Waals surface area (Å²) in [4.78, 5) is 12.9. The lowest BCUT2D eigenvalue weighted by atomic mass is 9.96. The van der Waals surface area contributed by atoms with E-state index in [1.54, 1.807) is 24.3 Å². The second-order valence-corrected chi connectivity index (χ2v) is 8.72. The Kier molecular flexibility index (Phi) is 5.97. The highest BCUT2D eigenvalue weighted by Gasteiger charge is 2.63. The Morgan fingerprint density at radius 1 is 1.00 bits per heavy atom. The molecule has 0 unspecified atom stereocenters. The molecule has 1 aliphatic heterocycles. The number of aromatic carboxylic acids is 1. The van der Waals surface area contributed by atoms with E-state index in [4.69, 9.17) is 9.84 Å². The molecule has 1 aliphatic carbocycles. The SMILES string of the molecule is O=C(O)c1ccc(-c2ccc(OCC3CCN(CC4(C(F)(F)F)CC4)CC3)cc2)cc1. The Hall–Kier alpha value is -2.54. The molecule has 1 saturated carbocycles. The number of nitrogens with zero attached hydrogens (tertiary/aromatic N) is 1. The fourth-order valence-electron chi connectivity index (χ4n) is 4.18. The zero-order chi connectivity index (χ0) is 22.1. The van der Waals surface area contributed by atoms with E-state index in [1.165, 1.54) is 0 Å². The van der Waals surface area contributed by atoms with Crippen molar-refractivity contribution in [1.82, 2.24) is 4.90 Å². The Labute approximate surface area is 179 Å². The van der Waals surface area contributed by atoms with E-state index in [-0.39, 0.29) is 24.9 Å². The fourth-order valence-corrected chi connectivity index (χ4v) is 4.18. The number of likely N-dealkylation sites (tertiary alicyclic amines) is 1. The molecule has 0 amide bonds. The van der Waals surface area contributed by atoms with Crippen molar-refractivity contribution in [3.63, 3.8) is 0 Å². The van der Waals surface area contributed by atoms with Crippen molar-refractivity contribution in [3.05, 3.63) is 54.1 Å². The molecule has 1 saturated heterocycles. The van der Waals surface area contributed by atoms with E-state index >= 15 is 0 Å². The zero-order valence-electron chi connectivity index (χ0n) is 17.2. The van der Waals surface area contributed by atoms with Crippen LogP contribution < -0.4 is 4.74 Å². The number of ether oxygens (including phenoxy) is 1. The molecule has 1 N–H and O–H groups in total. The van der Waals surface area contributed by atoms with Crippen molar-refractivity contribution >= 4 is 5.97 Å². The van der Waals surface area contributed by atoms with Gasteiger partial charge in [-0.05, 0) is 80.1 Å².